The predicted octanol–water partition coefficient (Wildman–Crippen LogP) is 2.42. The first-order chi connectivity index (χ1) is 7.92. The van der Waals surface area contributed by atoms with Crippen LogP contribution in [-0.4, -0.2) is 12.9 Å². The van der Waals surface area contributed by atoms with Crippen LogP contribution in [0, 0.1) is 17.7 Å². The number of rotatable bonds is 2. The highest BCUT2D eigenvalue weighted by Gasteiger charge is 2.31. The second-order valence-electron chi connectivity index (χ2n) is 3.03. The van der Waals surface area contributed by atoms with Crippen LogP contribution in [0.5, 0.6) is 5.75 Å². The Balaban J connectivity index is 2.84. The van der Waals surface area contributed by atoms with Gasteiger partial charge in [-0.3, -0.25) is 0 Å². The van der Waals surface area contributed by atoms with Crippen molar-refractivity contribution in [3.8, 4) is 17.6 Å². The lowest BCUT2D eigenvalue weighted by Gasteiger charge is -2.08. The maximum Gasteiger partial charge on any atom is 0.573 e. The largest absolute Gasteiger partial charge is 0.573 e. The summed E-state index contributed by atoms with van der Waals surface area (Å²) in [5.41, 5.74) is 5.19. The molecule has 0 heterocycles. The van der Waals surface area contributed by atoms with Crippen LogP contribution in [0.3, 0.4) is 0 Å². The van der Waals surface area contributed by atoms with Crippen molar-refractivity contribution in [3.05, 3.63) is 29.6 Å². The molecule has 2 nitrogen and oxygen atoms in total. The molecule has 1 aromatic rings. The molecular formula is C11H9F4NO. The molecule has 0 fully saturated rings. The van der Waals surface area contributed by atoms with Crippen molar-refractivity contribution >= 4 is 0 Å². The van der Waals surface area contributed by atoms with Gasteiger partial charge in [0.1, 0.15) is 11.6 Å². The van der Waals surface area contributed by atoms with Crippen LogP contribution in [0.15, 0.2) is 18.2 Å². The van der Waals surface area contributed by atoms with E-state index in [1.807, 2.05) is 0 Å². The summed E-state index contributed by atoms with van der Waals surface area (Å²) in [6, 6.07) is 2.77. The summed E-state index contributed by atoms with van der Waals surface area (Å²) in [6.07, 6.45) is -4.45. The van der Waals surface area contributed by atoms with E-state index < -0.39 is 17.9 Å². The minimum atomic E-state index is -4.83. The zero-order chi connectivity index (χ0) is 12.9. The minimum absolute atomic E-state index is 0.00738. The topological polar surface area (TPSA) is 35.2 Å². The van der Waals surface area contributed by atoms with Gasteiger partial charge in [-0.25, -0.2) is 4.39 Å². The Bertz CT molecular complexity index is 445. The van der Waals surface area contributed by atoms with Crippen molar-refractivity contribution in [2.75, 3.05) is 6.54 Å². The standard InChI is InChI=1S/C11H9F4NO/c12-10-7-9(17-11(13,14)15)5-4-8(10)3-1-2-6-16/h4-5,7H,2,6,16H2. The van der Waals surface area contributed by atoms with Gasteiger partial charge >= 0.3 is 6.36 Å². The van der Waals surface area contributed by atoms with E-state index in [1.165, 1.54) is 0 Å². The second kappa shape index (κ2) is 5.55. The van der Waals surface area contributed by atoms with Crippen molar-refractivity contribution in [3.63, 3.8) is 0 Å². The molecule has 0 aliphatic carbocycles. The molecule has 0 aromatic heterocycles. The molecule has 0 atom stereocenters. The first kappa shape index (κ1) is 13.3. The Morgan fingerprint density at radius 1 is 1.29 bits per heavy atom. The van der Waals surface area contributed by atoms with Crippen LogP contribution < -0.4 is 10.5 Å². The van der Waals surface area contributed by atoms with E-state index in [0.29, 0.717) is 19.0 Å². The third kappa shape index (κ3) is 4.74. The molecule has 0 amide bonds. The lowest BCUT2D eigenvalue weighted by molar-refractivity contribution is -0.274. The van der Waals surface area contributed by atoms with Crippen LogP contribution in [0.2, 0.25) is 0 Å². The highest BCUT2D eigenvalue weighted by molar-refractivity contribution is 5.39. The number of nitrogens with two attached hydrogens (primary N) is 1. The van der Waals surface area contributed by atoms with Gasteiger partial charge in [-0.2, -0.15) is 0 Å². The molecule has 2 N–H and O–H groups in total. The van der Waals surface area contributed by atoms with Gasteiger partial charge in [0.2, 0.25) is 0 Å². The van der Waals surface area contributed by atoms with Gasteiger partial charge in [0.15, 0.2) is 0 Å². The van der Waals surface area contributed by atoms with E-state index in [1.54, 1.807) is 0 Å². The van der Waals surface area contributed by atoms with Gasteiger partial charge in [0.05, 0.1) is 5.56 Å². The van der Waals surface area contributed by atoms with E-state index in [0.717, 1.165) is 12.1 Å². The fourth-order valence-electron chi connectivity index (χ4n) is 1.02. The Morgan fingerprint density at radius 3 is 2.53 bits per heavy atom. The van der Waals surface area contributed by atoms with Crippen LogP contribution in [-0.2, 0) is 0 Å². The molecule has 92 valence electrons. The lowest BCUT2D eigenvalue weighted by Crippen LogP contribution is -2.17. The van der Waals surface area contributed by atoms with Crippen LogP contribution in [0.25, 0.3) is 0 Å². The number of hydrogen-bond acceptors (Lipinski definition) is 2. The van der Waals surface area contributed by atoms with E-state index in [2.05, 4.69) is 16.6 Å². The van der Waals surface area contributed by atoms with E-state index in [9.17, 15) is 17.6 Å². The molecule has 0 saturated heterocycles. The van der Waals surface area contributed by atoms with Crippen molar-refractivity contribution in [2.45, 2.75) is 12.8 Å². The molecule has 0 aliphatic rings. The average molecular weight is 247 g/mol. The van der Waals surface area contributed by atoms with Gasteiger partial charge in [0, 0.05) is 19.0 Å². The molecule has 1 rings (SSSR count). The SMILES string of the molecule is NCCC#Cc1ccc(OC(F)(F)F)cc1F. The third-order valence-electron chi connectivity index (χ3n) is 1.67. The number of hydrogen-bond donors (Lipinski definition) is 1. The molecule has 6 heteroatoms. The highest BCUT2D eigenvalue weighted by Crippen LogP contribution is 2.24. The molecule has 0 aliphatic heterocycles. The summed E-state index contributed by atoms with van der Waals surface area (Å²) in [7, 11) is 0. The molecule has 1 aromatic carbocycles. The molecule has 0 unspecified atom stereocenters. The van der Waals surface area contributed by atoms with Crippen molar-refractivity contribution in [1.29, 1.82) is 0 Å². The molecule has 17 heavy (non-hydrogen) atoms. The molecule has 0 spiro atoms. The minimum Gasteiger partial charge on any atom is -0.406 e. The number of benzene rings is 1. The zero-order valence-corrected chi connectivity index (χ0v) is 8.64. The maximum atomic E-state index is 13.3. The maximum absolute atomic E-state index is 13.3. The monoisotopic (exact) mass is 247 g/mol. The lowest BCUT2D eigenvalue weighted by atomic mass is 10.2. The van der Waals surface area contributed by atoms with Crippen molar-refractivity contribution in [1.82, 2.24) is 0 Å². The fourth-order valence-corrected chi connectivity index (χ4v) is 1.02. The summed E-state index contributed by atoms with van der Waals surface area (Å²) in [5.74, 6) is 3.57. The smallest absolute Gasteiger partial charge is 0.406 e. The summed E-state index contributed by atoms with van der Waals surface area (Å²) >= 11 is 0. The van der Waals surface area contributed by atoms with Gasteiger partial charge in [0.25, 0.3) is 0 Å². The third-order valence-corrected chi connectivity index (χ3v) is 1.67. The Kier molecular flexibility index (Phi) is 4.35. The summed E-state index contributed by atoms with van der Waals surface area (Å²) in [4.78, 5) is 0. The molecule has 0 bridgehead atoms. The first-order valence-corrected chi connectivity index (χ1v) is 4.66. The van der Waals surface area contributed by atoms with Crippen molar-refractivity contribution < 1.29 is 22.3 Å². The predicted molar refractivity (Wildman–Crippen MR) is 53.6 cm³/mol. The average Bonchev–Trinajstić information content (AvgIpc) is 2.19. The van der Waals surface area contributed by atoms with Gasteiger partial charge < -0.3 is 10.5 Å². The van der Waals surface area contributed by atoms with Crippen LogP contribution in [0.1, 0.15) is 12.0 Å². The fraction of sp³-hybridized carbons (Fsp3) is 0.273. The number of ether oxygens (including phenoxy) is 1. The summed E-state index contributed by atoms with van der Waals surface area (Å²) in [6.45, 7) is 0.337. The van der Waals surface area contributed by atoms with Crippen LogP contribution in [0.4, 0.5) is 17.6 Å². The van der Waals surface area contributed by atoms with Crippen molar-refractivity contribution in [2.24, 2.45) is 5.73 Å². The first-order valence-electron chi connectivity index (χ1n) is 4.66. The van der Waals surface area contributed by atoms with Crippen LogP contribution >= 0.6 is 0 Å². The quantitative estimate of drug-likeness (QED) is 0.643. The summed E-state index contributed by atoms with van der Waals surface area (Å²) in [5, 5.41) is 0. The van der Waals surface area contributed by atoms with Gasteiger partial charge in [-0.05, 0) is 12.1 Å². The second-order valence-corrected chi connectivity index (χ2v) is 3.03. The Morgan fingerprint density at radius 2 is 2.00 bits per heavy atom. The van der Waals surface area contributed by atoms with Gasteiger partial charge in [-0.1, -0.05) is 11.8 Å². The normalized spacial score (nSPS) is 10.6. The molecule has 0 radical (unpaired) electrons. The number of halogens is 4. The molecular weight excluding hydrogens is 238 g/mol. The van der Waals surface area contributed by atoms with E-state index >= 15 is 0 Å². The Labute approximate surface area is 95.4 Å². The van der Waals surface area contributed by atoms with Gasteiger partial charge in [-0.15, -0.1) is 13.2 Å². The zero-order valence-electron chi connectivity index (χ0n) is 8.64. The number of alkyl halides is 3. The summed E-state index contributed by atoms with van der Waals surface area (Å²) < 4.78 is 52.3. The van der Waals surface area contributed by atoms with E-state index in [4.69, 9.17) is 5.73 Å². The Hall–Kier alpha value is -1.74. The van der Waals surface area contributed by atoms with E-state index in [-0.39, 0.29) is 5.56 Å². The highest BCUT2D eigenvalue weighted by atomic mass is 19.4. The molecule has 0 saturated carbocycles.